The largest absolute Gasteiger partial charge is 0.392 e. The summed E-state index contributed by atoms with van der Waals surface area (Å²) in [6.07, 6.45) is 3.62. The van der Waals surface area contributed by atoms with Crippen LogP contribution < -0.4 is 0 Å². The fourth-order valence-corrected chi connectivity index (χ4v) is 3.28. The van der Waals surface area contributed by atoms with E-state index in [-0.39, 0.29) is 17.4 Å². The molecule has 18 heavy (non-hydrogen) atoms. The van der Waals surface area contributed by atoms with Crippen LogP contribution in [0, 0.1) is 11.3 Å². The van der Waals surface area contributed by atoms with E-state index in [2.05, 4.69) is 13.5 Å². The van der Waals surface area contributed by atoms with Crippen LogP contribution in [-0.2, 0) is 9.47 Å². The van der Waals surface area contributed by atoms with E-state index in [1.54, 1.807) is 0 Å². The minimum atomic E-state index is -0.440. The van der Waals surface area contributed by atoms with Crippen LogP contribution in [0.3, 0.4) is 0 Å². The third-order valence-corrected chi connectivity index (χ3v) is 4.80. The first-order valence-corrected chi connectivity index (χ1v) is 6.98. The number of aliphatic hydroxyl groups is 1. The first-order valence-electron chi connectivity index (χ1n) is 6.98. The van der Waals surface area contributed by atoms with Gasteiger partial charge in [0.1, 0.15) is 0 Å². The number of rotatable bonds is 4. The predicted molar refractivity (Wildman–Crippen MR) is 71.2 cm³/mol. The van der Waals surface area contributed by atoms with Crippen molar-refractivity contribution in [3.8, 4) is 0 Å². The fourth-order valence-electron chi connectivity index (χ4n) is 3.28. The number of aliphatic hydroxyl groups excluding tert-OH is 1. The van der Waals surface area contributed by atoms with Gasteiger partial charge in [-0.2, -0.15) is 0 Å². The Hall–Kier alpha value is -0.380. The summed E-state index contributed by atoms with van der Waals surface area (Å²) >= 11 is 0. The van der Waals surface area contributed by atoms with E-state index in [0.29, 0.717) is 13.2 Å². The standard InChI is InChI=1S/C15H26O3/c1-11(2)12-5-6-14(3,13(12)16)7-8-15(4)17-9-10-18-15/h12-13,16H,1,5-10H2,2-4H3/t12?,13?,14-/m1/s1. The van der Waals surface area contributed by atoms with Gasteiger partial charge in [-0.25, -0.2) is 0 Å². The van der Waals surface area contributed by atoms with Gasteiger partial charge in [-0.3, -0.25) is 0 Å². The Morgan fingerprint density at radius 1 is 1.28 bits per heavy atom. The molecule has 0 radical (unpaired) electrons. The highest BCUT2D eigenvalue weighted by Crippen LogP contribution is 2.48. The lowest BCUT2D eigenvalue weighted by atomic mass is 9.78. The molecule has 2 aliphatic rings. The summed E-state index contributed by atoms with van der Waals surface area (Å²) in [5.41, 5.74) is 1.08. The Morgan fingerprint density at radius 3 is 2.39 bits per heavy atom. The van der Waals surface area contributed by atoms with Crippen molar-refractivity contribution in [2.75, 3.05) is 13.2 Å². The van der Waals surface area contributed by atoms with Crippen molar-refractivity contribution in [3.05, 3.63) is 12.2 Å². The summed E-state index contributed by atoms with van der Waals surface area (Å²) in [7, 11) is 0. The summed E-state index contributed by atoms with van der Waals surface area (Å²) in [4.78, 5) is 0. The van der Waals surface area contributed by atoms with E-state index in [0.717, 1.165) is 31.3 Å². The first-order chi connectivity index (χ1) is 8.36. The van der Waals surface area contributed by atoms with Crippen molar-refractivity contribution in [3.63, 3.8) is 0 Å². The summed E-state index contributed by atoms with van der Waals surface area (Å²) in [6, 6.07) is 0. The summed E-state index contributed by atoms with van der Waals surface area (Å²) in [5, 5.41) is 10.5. The van der Waals surface area contributed by atoms with E-state index < -0.39 is 5.79 Å². The average molecular weight is 254 g/mol. The second kappa shape index (κ2) is 4.95. The van der Waals surface area contributed by atoms with Gasteiger partial charge in [0.25, 0.3) is 0 Å². The van der Waals surface area contributed by atoms with Gasteiger partial charge in [-0.15, -0.1) is 0 Å². The SMILES string of the molecule is C=C(C)C1CC[C@](C)(CCC2(C)OCCO2)C1O. The number of ether oxygens (including phenoxy) is 2. The molecule has 1 heterocycles. The van der Waals surface area contributed by atoms with Crippen LogP contribution in [0.5, 0.6) is 0 Å². The van der Waals surface area contributed by atoms with Crippen molar-refractivity contribution in [1.29, 1.82) is 0 Å². The van der Waals surface area contributed by atoms with Crippen LogP contribution in [0.1, 0.15) is 46.5 Å². The molecule has 2 fully saturated rings. The monoisotopic (exact) mass is 254 g/mol. The van der Waals surface area contributed by atoms with Gasteiger partial charge in [-0.1, -0.05) is 19.1 Å². The van der Waals surface area contributed by atoms with Crippen molar-refractivity contribution < 1.29 is 14.6 Å². The molecule has 3 heteroatoms. The van der Waals surface area contributed by atoms with E-state index in [4.69, 9.17) is 9.47 Å². The number of hydrogen-bond acceptors (Lipinski definition) is 3. The molecule has 104 valence electrons. The minimum absolute atomic E-state index is 0.0259. The summed E-state index contributed by atoms with van der Waals surface area (Å²) in [6.45, 7) is 11.6. The maximum absolute atomic E-state index is 10.5. The molecular weight excluding hydrogens is 228 g/mol. The third kappa shape index (κ3) is 2.63. The van der Waals surface area contributed by atoms with Crippen LogP contribution in [0.2, 0.25) is 0 Å². The van der Waals surface area contributed by atoms with Crippen LogP contribution >= 0.6 is 0 Å². The van der Waals surface area contributed by atoms with E-state index in [9.17, 15) is 5.11 Å². The molecule has 3 atom stereocenters. The molecule has 1 aliphatic heterocycles. The maximum Gasteiger partial charge on any atom is 0.165 e. The Morgan fingerprint density at radius 2 is 1.89 bits per heavy atom. The molecule has 0 spiro atoms. The highest BCUT2D eigenvalue weighted by molar-refractivity contribution is 5.08. The van der Waals surface area contributed by atoms with Crippen LogP contribution in [0.25, 0.3) is 0 Å². The molecule has 0 amide bonds. The Kier molecular flexibility index (Phi) is 3.86. The van der Waals surface area contributed by atoms with Crippen LogP contribution in [0.15, 0.2) is 12.2 Å². The zero-order valence-corrected chi connectivity index (χ0v) is 11.9. The first kappa shape index (κ1) is 14.0. The molecule has 0 bridgehead atoms. The zero-order chi connectivity index (χ0) is 13.4. The molecular formula is C15H26O3. The van der Waals surface area contributed by atoms with Crippen molar-refractivity contribution in [1.82, 2.24) is 0 Å². The minimum Gasteiger partial charge on any atom is -0.392 e. The average Bonchev–Trinajstić information content (AvgIpc) is 2.85. The van der Waals surface area contributed by atoms with Crippen molar-refractivity contribution >= 4 is 0 Å². The highest BCUT2D eigenvalue weighted by Gasteiger charge is 2.45. The van der Waals surface area contributed by atoms with E-state index >= 15 is 0 Å². The Bertz CT molecular complexity index is 320. The molecule has 2 unspecified atom stereocenters. The molecule has 0 aromatic rings. The molecule has 1 aliphatic carbocycles. The van der Waals surface area contributed by atoms with E-state index in [1.165, 1.54) is 0 Å². The summed E-state index contributed by atoms with van der Waals surface area (Å²) < 4.78 is 11.3. The lowest BCUT2D eigenvalue weighted by Crippen LogP contribution is -2.35. The van der Waals surface area contributed by atoms with Gasteiger partial charge in [-0.05, 0) is 38.5 Å². The van der Waals surface area contributed by atoms with Gasteiger partial charge < -0.3 is 14.6 Å². The van der Waals surface area contributed by atoms with Gasteiger partial charge in [0.05, 0.1) is 19.3 Å². The van der Waals surface area contributed by atoms with E-state index in [1.807, 2.05) is 13.8 Å². The zero-order valence-electron chi connectivity index (χ0n) is 11.9. The van der Waals surface area contributed by atoms with Gasteiger partial charge >= 0.3 is 0 Å². The second-order valence-corrected chi connectivity index (χ2v) is 6.42. The molecule has 2 rings (SSSR count). The van der Waals surface area contributed by atoms with Crippen molar-refractivity contribution in [2.24, 2.45) is 11.3 Å². The van der Waals surface area contributed by atoms with Gasteiger partial charge in [0.15, 0.2) is 5.79 Å². The van der Waals surface area contributed by atoms with Crippen LogP contribution in [0.4, 0.5) is 0 Å². The maximum atomic E-state index is 10.5. The second-order valence-electron chi connectivity index (χ2n) is 6.42. The van der Waals surface area contributed by atoms with Crippen LogP contribution in [-0.4, -0.2) is 30.2 Å². The quantitative estimate of drug-likeness (QED) is 0.784. The normalized spacial score (nSPS) is 39.1. The molecule has 0 aromatic carbocycles. The summed E-state index contributed by atoms with van der Waals surface area (Å²) in [5.74, 6) is -0.183. The lowest BCUT2D eigenvalue weighted by molar-refractivity contribution is -0.154. The molecule has 3 nitrogen and oxygen atoms in total. The Balaban J connectivity index is 1.94. The highest BCUT2D eigenvalue weighted by atomic mass is 16.7. The lowest BCUT2D eigenvalue weighted by Gasteiger charge is -2.33. The predicted octanol–water partition coefficient (Wildman–Crippen LogP) is 2.88. The third-order valence-electron chi connectivity index (χ3n) is 4.80. The topological polar surface area (TPSA) is 38.7 Å². The van der Waals surface area contributed by atoms with Crippen molar-refractivity contribution in [2.45, 2.75) is 58.3 Å². The molecule has 0 aromatic heterocycles. The number of hydrogen-bond donors (Lipinski definition) is 1. The van der Waals surface area contributed by atoms with Gasteiger partial charge in [0.2, 0.25) is 0 Å². The molecule has 1 saturated carbocycles. The molecule has 1 N–H and O–H groups in total. The fraction of sp³-hybridized carbons (Fsp3) is 0.867. The smallest absolute Gasteiger partial charge is 0.165 e. The van der Waals surface area contributed by atoms with Gasteiger partial charge in [0, 0.05) is 12.3 Å². The Labute approximate surface area is 110 Å². The molecule has 1 saturated heterocycles.